The number of nitrogens with zero attached hydrogens (tertiary/aromatic N) is 3. The molecule has 0 aliphatic heterocycles. The predicted molar refractivity (Wildman–Crippen MR) is 90.5 cm³/mol. The summed E-state index contributed by atoms with van der Waals surface area (Å²) >= 11 is 0. The van der Waals surface area contributed by atoms with Crippen molar-refractivity contribution in [3.63, 3.8) is 0 Å². The standard InChI is InChI=1S/C18H27N3O/c1-7-16(14(3)18(4,5)6)21-17(22)20(12-19-21)15-10-8-13(2)9-11-15/h8-12,14,16H,7H2,1-6H3. The third-order valence-corrected chi connectivity index (χ3v) is 4.68. The van der Waals surface area contributed by atoms with Crippen molar-refractivity contribution in [2.45, 2.75) is 54.0 Å². The highest BCUT2D eigenvalue weighted by Gasteiger charge is 2.30. The van der Waals surface area contributed by atoms with Crippen LogP contribution in [0.5, 0.6) is 0 Å². The van der Waals surface area contributed by atoms with Gasteiger partial charge in [-0.2, -0.15) is 5.10 Å². The van der Waals surface area contributed by atoms with Crippen LogP contribution in [0.4, 0.5) is 0 Å². The Kier molecular flexibility index (Phi) is 4.59. The molecule has 0 aliphatic rings. The topological polar surface area (TPSA) is 39.8 Å². The monoisotopic (exact) mass is 301 g/mol. The lowest BCUT2D eigenvalue weighted by Crippen LogP contribution is -2.35. The molecule has 1 aromatic carbocycles. The first-order valence-corrected chi connectivity index (χ1v) is 7.99. The van der Waals surface area contributed by atoms with Crippen molar-refractivity contribution in [2.75, 3.05) is 0 Å². The van der Waals surface area contributed by atoms with Crippen LogP contribution in [0.1, 0.15) is 52.6 Å². The molecule has 0 N–H and O–H groups in total. The third kappa shape index (κ3) is 3.16. The summed E-state index contributed by atoms with van der Waals surface area (Å²) < 4.78 is 3.27. The summed E-state index contributed by atoms with van der Waals surface area (Å²) in [6.45, 7) is 13.0. The van der Waals surface area contributed by atoms with Gasteiger partial charge in [-0.15, -0.1) is 0 Å². The van der Waals surface area contributed by atoms with Gasteiger partial charge in [0.2, 0.25) is 0 Å². The molecule has 0 bridgehead atoms. The maximum absolute atomic E-state index is 12.7. The highest BCUT2D eigenvalue weighted by Crippen LogP contribution is 2.35. The van der Waals surface area contributed by atoms with E-state index in [1.165, 1.54) is 5.56 Å². The van der Waals surface area contributed by atoms with Crippen LogP contribution >= 0.6 is 0 Å². The van der Waals surface area contributed by atoms with Gasteiger partial charge in [-0.25, -0.2) is 14.0 Å². The third-order valence-electron chi connectivity index (χ3n) is 4.68. The van der Waals surface area contributed by atoms with Gasteiger partial charge in [0.05, 0.1) is 11.7 Å². The summed E-state index contributed by atoms with van der Waals surface area (Å²) in [4.78, 5) is 12.7. The first-order chi connectivity index (χ1) is 10.3. The number of aryl methyl sites for hydroxylation is 1. The second-order valence-electron chi connectivity index (χ2n) is 7.19. The Bertz CT molecular complexity index is 674. The molecule has 0 fully saturated rings. The van der Waals surface area contributed by atoms with Gasteiger partial charge >= 0.3 is 5.69 Å². The molecule has 0 saturated heterocycles. The lowest BCUT2D eigenvalue weighted by Gasteiger charge is -2.33. The van der Waals surface area contributed by atoms with Gasteiger partial charge in [0.1, 0.15) is 6.33 Å². The number of benzene rings is 1. The van der Waals surface area contributed by atoms with E-state index in [9.17, 15) is 4.79 Å². The molecule has 2 atom stereocenters. The molecule has 0 spiro atoms. The van der Waals surface area contributed by atoms with E-state index in [2.05, 4.69) is 39.7 Å². The summed E-state index contributed by atoms with van der Waals surface area (Å²) in [5.41, 5.74) is 2.11. The number of rotatable bonds is 4. The van der Waals surface area contributed by atoms with E-state index in [-0.39, 0.29) is 17.1 Å². The maximum Gasteiger partial charge on any atom is 0.350 e. The van der Waals surface area contributed by atoms with Crippen LogP contribution in [0, 0.1) is 18.3 Å². The van der Waals surface area contributed by atoms with Crippen LogP contribution < -0.4 is 5.69 Å². The zero-order valence-corrected chi connectivity index (χ0v) is 14.5. The van der Waals surface area contributed by atoms with Gasteiger partial charge in [-0.1, -0.05) is 52.3 Å². The normalized spacial score (nSPS) is 14.8. The van der Waals surface area contributed by atoms with Crippen molar-refractivity contribution in [3.8, 4) is 5.69 Å². The highest BCUT2D eigenvalue weighted by atomic mass is 16.2. The largest absolute Gasteiger partial charge is 0.350 e. The minimum Gasteiger partial charge on any atom is -0.250 e. The Morgan fingerprint density at radius 1 is 1.18 bits per heavy atom. The second-order valence-corrected chi connectivity index (χ2v) is 7.19. The fourth-order valence-electron chi connectivity index (χ4n) is 2.74. The summed E-state index contributed by atoms with van der Waals surface area (Å²) in [6.07, 6.45) is 2.52. The Balaban J connectivity index is 2.42. The lowest BCUT2D eigenvalue weighted by atomic mass is 9.77. The Labute approximate surface area is 132 Å². The van der Waals surface area contributed by atoms with Crippen LogP contribution in [0.25, 0.3) is 5.69 Å². The Morgan fingerprint density at radius 2 is 1.77 bits per heavy atom. The van der Waals surface area contributed by atoms with Gasteiger partial charge in [0.15, 0.2) is 0 Å². The molecule has 2 aromatic rings. The summed E-state index contributed by atoms with van der Waals surface area (Å²) in [5, 5.41) is 4.39. The minimum absolute atomic E-state index is 0.0631. The molecule has 0 aliphatic carbocycles. The molecule has 4 heteroatoms. The van der Waals surface area contributed by atoms with Crippen LogP contribution in [0.15, 0.2) is 35.4 Å². The first kappa shape index (κ1) is 16.5. The van der Waals surface area contributed by atoms with Gasteiger partial charge in [0, 0.05) is 0 Å². The number of aromatic nitrogens is 3. The molecule has 2 unspecified atom stereocenters. The van der Waals surface area contributed by atoms with Crippen molar-refractivity contribution in [2.24, 2.45) is 11.3 Å². The maximum atomic E-state index is 12.7. The quantitative estimate of drug-likeness (QED) is 0.857. The van der Waals surface area contributed by atoms with E-state index in [1.807, 2.05) is 31.2 Å². The average molecular weight is 301 g/mol. The van der Waals surface area contributed by atoms with Crippen molar-refractivity contribution in [3.05, 3.63) is 46.6 Å². The number of hydrogen-bond acceptors (Lipinski definition) is 2. The van der Waals surface area contributed by atoms with Crippen LogP contribution in [0.3, 0.4) is 0 Å². The average Bonchev–Trinajstić information content (AvgIpc) is 2.82. The zero-order chi connectivity index (χ0) is 16.5. The van der Waals surface area contributed by atoms with Crippen molar-refractivity contribution >= 4 is 0 Å². The molecule has 0 radical (unpaired) electrons. The second kappa shape index (κ2) is 6.11. The van der Waals surface area contributed by atoms with Crippen molar-refractivity contribution in [1.82, 2.24) is 14.3 Å². The van der Waals surface area contributed by atoms with E-state index < -0.39 is 0 Å². The SMILES string of the molecule is CCC(C(C)C(C)(C)C)n1ncn(-c2ccc(C)cc2)c1=O. The molecule has 0 saturated carbocycles. The smallest absolute Gasteiger partial charge is 0.250 e. The van der Waals surface area contributed by atoms with Gasteiger partial charge in [0.25, 0.3) is 0 Å². The highest BCUT2D eigenvalue weighted by molar-refractivity contribution is 5.33. The van der Waals surface area contributed by atoms with Crippen LogP contribution in [0.2, 0.25) is 0 Å². The molecule has 22 heavy (non-hydrogen) atoms. The molecule has 2 rings (SSSR count). The fraction of sp³-hybridized carbons (Fsp3) is 0.556. The fourth-order valence-corrected chi connectivity index (χ4v) is 2.74. The molecule has 1 aromatic heterocycles. The molecule has 1 heterocycles. The van der Waals surface area contributed by atoms with E-state index in [0.717, 1.165) is 12.1 Å². The van der Waals surface area contributed by atoms with E-state index in [4.69, 9.17) is 0 Å². The van der Waals surface area contributed by atoms with Crippen molar-refractivity contribution in [1.29, 1.82) is 0 Å². The lowest BCUT2D eigenvalue weighted by molar-refractivity contribution is 0.162. The van der Waals surface area contributed by atoms with E-state index in [0.29, 0.717) is 5.92 Å². The predicted octanol–water partition coefficient (Wildman–Crippen LogP) is 3.98. The molecule has 120 valence electrons. The molecule has 4 nitrogen and oxygen atoms in total. The van der Waals surface area contributed by atoms with Gasteiger partial charge < -0.3 is 0 Å². The van der Waals surface area contributed by atoms with Gasteiger partial charge in [-0.05, 0) is 36.8 Å². The summed E-state index contributed by atoms with van der Waals surface area (Å²) in [5.74, 6) is 0.358. The molecular weight excluding hydrogens is 274 g/mol. The molecular formula is C18H27N3O. The number of hydrogen-bond donors (Lipinski definition) is 0. The Hall–Kier alpha value is -1.84. The van der Waals surface area contributed by atoms with Gasteiger partial charge in [-0.3, -0.25) is 0 Å². The summed E-state index contributed by atoms with van der Waals surface area (Å²) in [6, 6.07) is 8.04. The van der Waals surface area contributed by atoms with E-state index >= 15 is 0 Å². The van der Waals surface area contributed by atoms with E-state index in [1.54, 1.807) is 15.6 Å². The molecule has 0 amide bonds. The first-order valence-electron chi connectivity index (χ1n) is 7.99. The zero-order valence-electron chi connectivity index (χ0n) is 14.5. The summed E-state index contributed by atoms with van der Waals surface area (Å²) in [7, 11) is 0. The Morgan fingerprint density at radius 3 is 2.27 bits per heavy atom. The van der Waals surface area contributed by atoms with Crippen molar-refractivity contribution < 1.29 is 0 Å². The van der Waals surface area contributed by atoms with Crippen LogP contribution in [-0.2, 0) is 0 Å². The minimum atomic E-state index is -0.0631. The van der Waals surface area contributed by atoms with Crippen LogP contribution in [-0.4, -0.2) is 14.3 Å².